The fraction of sp³-hybridized carbons (Fsp3) is 0.435. The highest BCUT2D eigenvalue weighted by atomic mass is 16.6. The van der Waals surface area contributed by atoms with Crippen LogP contribution in [0.5, 0.6) is 0 Å². The summed E-state index contributed by atoms with van der Waals surface area (Å²) in [6, 6.07) is 19.3. The van der Waals surface area contributed by atoms with Crippen molar-refractivity contribution in [1.29, 1.82) is 0 Å². The first-order valence-corrected chi connectivity index (χ1v) is 9.99. The van der Waals surface area contributed by atoms with Crippen LogP contribution in [0.15, 0.2) is 54.6 Å². The van der Waals surface area contributed by atoms with E-state index in [9.17, 15) is 4.79 Å². The van der Waals surface area contributed by atoms with Gasteiger partial charge in [-0.1, -0.05) is 48.5 Å². The number of amides is 1. The standard InChI is InChI=1S/C23H26N2O2/c1-25(2)21-12-16(13-22(25)19-14-18(19)21)27-23(26)24-20-11-7-6-10-17(20)15-8-4-3-5-9-15/h3-11,16,18-19,21-22H,12-14H2,1-2H3/p+1. The van der Waals surface area contributed by atoms with Crippen molar-refractivity contribution >= 4 is 11.8 Å². The van der Waals surface area contributed by atoms with Crippen molar-refractivity contribution < 1.29 is 14.0 Å². The number of benzene rings is 2. The second-order valence-corrected chi connectivity index (χ2v) is 8.86. The first kappa shape index (κ1) is 16.8. The van der Waals surface area contributed by atoms with Gasteiger partial charge < -0.3 is 9.22 Å². The highest BCUT2D eigenvalue weighted by molar-refractivity contribution is 5.91. The number of quaternary nitrogens is 1. The molecule has 3 aliphatic rings. The van der Waals surface area contributed by atoms with Crippen molar-refractivity contribution in [1.82, 2.24) is 0 Å². The van der Waals surface area contributed by atoms with Crippen molar-refractivity contribution in [3.8, 4) is 11.1 Å². The van der Waals surface area contributed by atoms with Crippen LogP contribution in [0, 0.1) is 11.8 Å². The van der Waals surface area contributed by atoms with E-state index >= 15 is 0 Å². The molecule has 2 heterocycles. The molecular formula is C23H27N2O2+. The SMILES string of the molecule is C[N+]1(C)C2CC(OC(=O)Nc3ccccc3-c3ccccc3)CC1C1CC12. The van der Waals surface area contributed by atoms with E-state index in [0.717, 1.165) is 46.0 Å². The van der Waals surface area contributed by atoms with Gasteiger partial charge in [-0.15, -0.1) is 0 Å². The van der Waals surface area contributed by atoms with Gasteiger partial charge in [0.15, 0.2) is 0 Å². The van der Waals surface area contributed by atoms with E-state index in [4.69, 9.17) is 4.74 Å². The number of hydrogen-bond donors (Lipinski definition) is 1. The zero-order valence-electron chi connectivity index (χ0n) is 16.0. The summed E-state index contributed by atoms with van der Waals surface area (Å²) in [4.78, 5) is 12.6. The summed E-state index contributed by atoms with van der Waals surface area (Å²) in [6.07, 6.45) is 3.10. The molecular weight excluding hydrogens is 336 g/mol. The molecule has 1 amide bonds. The van der Waals surface area contributed by atoms with Gasteiger partial charge in [0.2, 0.25) is 0 Å². The monoisotopic (exact) mass is 363 g/mol. The fourth-order valence-electron chi connectivity index (χ4n) is 5.73. The van der Waals surface area contributed by atoms with Crippen LogP contribution < -0.4 is 5.32 Å². The van der Waals surface area contributed by atoms with Gasteiger partial charge in [-0.3, -0.25) is 5.32 Å². The largest absolute Gasteiger partial charge is 0.445 e. The first-order valence-electron chi connectivity index (χ1n) is 9.99. The summed E-state index contributed by atoms with van der Waals surface area (Å²) in [5.41, 5.74) is 2.90. The molecule has 1 N–H and O–H groups in total. The molecule has 2 aromatic carbocycles. The summed E-state index contributed by atoms with van der Waals surface area (Å²) in [6.45, 7) is 0. The van der Waals surface area contributed by atoms with Crippen molar-refractivity contribution in [3.63, 3.8) is 0 Å². The van der Waals surface area contributed by atoms with Gasteiger partial charge in [0, 0.05) is 30.2 Å². The second kappa shape index (κ2) is 6.10. The van der Waals surface area contributed by atoms with E-state index in [0.29, 0.717) is 12.1 Å². The number of carbonyl (C=O) groups is 1. The second-order valence-electron chi connectivity index (χ2n) is 8.86. The Bertz CT molecular complexity index is 844. The molecule has 2 bridgehead atoms. The first-order chi connectivity index (χ1) is 13.0. The van der Waals surface area contributed by atoms with E-state index in [1.54, 1.807) is 0 Å². The summed E-state index contributed by atoms with van der Waals surface area (Å²) in [5.74, 6) is 1.72. The van der Waals surface area contributed by atoms with E-state index in [1.165, 1.54) is 6.42 Å². The van der Waals surface area contributed by atoms with Gasteiger partial charge in [-0.25, -0.2) is 4.79 Å². The lowest BCUT2D eigenvalue weighted by molar-refractivity contribution is -0.937. The van der Waals surface area contributed by atoms with E-state index in [-0.39, 0.29) is 12.2 Å². The van der Waals surface area contributed by atoms with Gasteiger partial charge in [0.1, 0.15) is 6.10 Å². The molecule has 27 heavy (non-hydrogen) atoms. The smallest absolute Gasteiger partial charge is 0.411 e. The third-order valence-electron chi connectivity index (χ3n) is 7.12. The average Bonchev–Trinajstić information content (AvgIpc) is 3.41. The van der Waals surface area contributed by atoms with Crippen LogP contribution in [0.25, 0.3) is 11.1 Å². The molecule has 4 atom stereocenters. The number of nitrogens with one attached hydrogen (secondary N) is 1. The molecule has 1 aliphatic carbocycles. The number of ether oxygens (including phenoxy) is 1. The highest BCUT2D eigenvalue weighted by Crippen LogP contribution is 2.60. The number of rotatable bonds is 3. The maximum absolute atomic E-state index is 12.6. The van der Waals surface area contributed by atoms with Crippen LogP contribution in [-0.4, -0.2) is 42.9 Å². The minimum absolute atomic E-state index is 0.0443. The Morgan fingerprint density at radius 1 is 0.926 bits per heavy atom. The zero-order chi connectivity index (χ0) is 18.6. The van der Waals surface area contributed by atoms with Gasteiger partial charge >= 0.3 is 6.09 Å². The molecule has 140 valence electrons. The molecule has 1 saturated carbocycles. The summed E-state index contributed by atoms with van der Waals surface area (Å²) in [7, 11) is 4.71. The molecule has 0 spiro atoms. The Hall–Kier alpha value is -2.33. The van der Waals surface area contributed by atoms with Crippen LogP contribution >= 0.6 is 0 Å². The van der Waals surface area contributed by atoms with Crippen LogP contribution in [0.4, 0.5) is 10.5 Å². The molecule has 5 rings (SSSR count). The van der Waals surface area contributed by atoms with Crippen LogP contribution in [0.2, 0.25) is 0 Å². The van der Waals surface area contributed by atoms with Gasteiger partial charge in [-0.2, -0.15) is 0 Å². The quantitative estimate of drug-likeness (QED) is 0.814. The minimum Gasteiger partial charge on any atom is -0.445 e. The third-order valence-corrected chi connectivity index (χ3v) is 7.12. The molecule has 4 unspecified atom stereocenters. The zero-order valence-corrected chi connectivity index (χ0v) is 16.0. The highest BCUT2D eigenvalue weighted by Gasteiger charge is 2.68. The molecule has 0 radical (unpaired) electrons. The molecule has 2 saturated heterocycles. The topological polar surface area (TPSA) is 38.3 Å². The van der Waals surface area contributed by atoms with Crippen LogP contribution in [0.1, 0.15) is 19.3 Å². The van der Waals surface area contributed by atoms with Crippen molar-refractivity contribution in [2.24, 2.45) is 11.8 Å². The van der Waals surface area contributed by atoms with Crippen LogP contribution in [-0.2, 0) is 4.74 Å². The number of nitrogens with zero attached hydrogens (tertiary/aromatic N) is 1. The number of piperidine rings is 2. The number of anilines is 1. The summed E-state index contributed by atoms with van der Waals surface area (Å²) < 4.78 is 6.99. The molecule has 2 aromatic rings. The van der Waals surface area contributed by atoms with Crippen molar-refractivity contribution in [2.75, 3.05) is 19.4 Å². The fourth-order valence-corrected chi connectivity index (χ4v) is 5.73. The Kier molecular flexibility index (Phi) is 3.80. The Morgan fingerprint density at radius 3 is 2.26 bits per heavy atom. The minimum atomic E-state index is -0.330. The molecule has 3 fully saturated rings. The van der Waals surface area contributed by atoms with Gasteiger partial charge in [0.25, 0.3) is 0 Å². The number of para-hydroxylation sites is 1. The molecule has 0 aromatic heterocycles. The van der Waals surface area contributed by atoms with E-state index in [2.05, 4.69) is 31.5 Å². The summed E-state index contributed by atoms with van der Waals surface area (Å²) >= 11 is 0. The lowest BCUT2D eigenvalue weighted by Crippen LogP contribution is -2.58. The Balaban J connectivity index is 1.28. The average molecular weight is 363 g/mol. The van der Waals surface area contributed by atoms with E-state index < -0.39 is 0 Å². The maximum atomic E-state index is 12.6. The van der Waals surface area contributed by atoms with E-state index in [1.807, 2.05) is 42.5 Å². The molecule has 4 nitrogen and oxygen atoms in total. The number of hydrogen-bond acceptors (Lipinski definition) is 2. The maximum Gasteiger partial charge on any atom is 0.411 e. The lowest BCUT2D eigenvalue weighted by Gasteiger charge is -2.46. The Morgan fingerprint density at radius 2 is 1.56 bits per heavy atom. The van der Waals surface area contributed by atoms with Gasteiger partial charge in [0.05, 0.1) is 31.9 Å². The van der Waals surface area contributed by atoms with Crippen LogP contribution in [0.3, 0.4) is 0 Å². The summed E-state index contributed by atoms with van der Waals surface area (Å²) in [5, 5.41) is 2.98. The normalized spacial score (nSPS) is 32.4. The molecule has 2 aliphatic heterocycles. The Labute approximate surface area is 160 Å². The molecule has 4 heteroatoms. The number of carbonyl (C=O) groups excluding carboxylic acids is 1. The van der Waals surface area contributed by atoms with Crippen molar-refractivity contribution in [3.05, 3.63) is 54.6 Å². The predicted molar refractivity (Wildman–Crippen MR) is 106 cm³/mol. The van der Waals surface area contributed by atoms with Crippen molar-refractivity contribution in [2.45, 2.75) is 37.5 Å². The number of fused-ring (bicyclic) bond motifs is 5. The van der Waals surface area contributed by atoms with Gasteiger partial charge in [-0.05, 0) is 18.1 Å². The predicted octanol–water partition coefficient (Wildman–Crippen LogP) is 4.53. The lowest BCUT2D eigenvalue weighted by atomic mass is 9.93. The third kappa shape index (κ3) is 2.83.